The minimum absolute atomic E-state index is 0.302. The predicted molar refractivity (Wildman–Crippen MR) is 29.1 cm³/mol. The fourth-order valence-corrected chi connectivity index (χ4v) is 0.195. The SMILES string of the molecule is [B]NCCC([B])=O. The van der Waals surface area contributed by atoms with Crippen molar-refractivity contribution < 1.29 is 4.79 Å². The Hall–Kier alpha value is -0.240. The van der Waals surface area contributed by atoms with Gasteiger partial charge >= 0.3 is 0 Å². The summed E-state index contributed by atoms with van der Waals surface area (Å²) in [7, 11) is 9.56. The molecule has 1 N–H and O–H groups in total. The molecule has 0 aromatic heterocycles. The van der Waals surface area contributed by atoms with Crippen LogP contribution >= 0.6 is 0 Å². The van der Waals surface area contributed by atoms with Crippen LogP contribution in [0.25, 0.3) is 0 Å². The van der Waals surface area contributed by atoms with Crippen LogP contribution in [-0.4, -0.2) is 28.1 Å². The lowest BCUT2D eigenvalue weighted by Gasteiger charge is -1.90. The van der Waals surface area contributed by atoms with E-state index < -0.39 is 0 Å². The molecule has 0 atom stereocenters. The fourth-order valence-electron chi connectivity index (χ4n) is 0.195. The lowest BCUT2D eigenvalue weighted by molar-refractivity contribution is -0.111. The van der Waals surface area contributed by atoms with Gasteiger partial charge in [-0.2, -0.15) is 0 Å². The van der Waals surface area contributed by atoms with Gasteiger partial charge in [-0.3, -0.25) is 0 Å². The molecule has 0 bridgehead atoms. The summed E-state index contributed by atoms with van der Waals surface area (Å²) in [6.07, 6.45) is 0.302. The summed E-state index contributed by atoms with van der Waals surface area (Å²) >= 11 is 0. The molecular formula is C3H5B2NO. The van der Waals surface area contributed by atoms with Crippen molar-refractivity contribution >= 4 is 21.5 Å². The molecule has 0 aromatic carbocycles. The predicted octanol–water partition coefficient (Wildman–Crippen LogP) is -1.26. The van der Waals surface area contributed by atoms with E-state index >= 15 is 0 Å². The Bertz CT molecular complexity index is 66.0. The minimum atomic E-state index is -0.335. The minimum Gasteiger partial charge on any atom is -0.366 e. The Morgan fingerprint density at radius 3 is 2.43 bits per heavy atom. The van der Waals surface area contributed by atoms with Crippen molar-refractivity contribution in [3.8, 4) is 0 Å². The molecule has 0 saturated carbocycles. The molecule has 0 amide bonds. The molecule has 0 rings (SSSR count). The molecule has 0 fully saturated rings. The van der Waals surface area contributed by atoms with E-state index in [0.717, 1.165) is 0 Å². The van der Waals surface area contributed by atoms with E-state index in [9.17, 15) is 4.79 Å². The van der Waals surface area contributed by atoms with Crippen molar-refractivity contribution in [3.63, 3.8) is 0 Å². The maximum Gasteiger partial charge on any atom is 0.177 e. The zero-order chi connectivity index (χ0) is 5.70. The summed E-state index contributed by atoms with van der Waals surface area (Å²) in [6.45, 7) is 0.454. The van der Waals surface area contributed by atoms with Crippen molar-refractivity contribution in [2.45, 2.75) is 6.42 Å². The van der Waals surface area contributed by atoms with Crippen LogP contribution in [0.5, 0.6) is 0 Å². The molecule has 0 aliphatic rings. The summed E-state index contributed by atoms with van der Waals surface area (Å²) < 4.78 is 0. The second-order valence-electron chi connectivity index (χ2n) is 1.17. The van der Waals surface area contributed by atoms with Crippen LogP contribution < -0.4 is 5.23 Å². The van der Waals surface area contributed by atoms with Gasteiger partial charge in [0.25, 0.3) is 0 Å². The Balaban J connectivity index is 2.82. The van der Waals surface area contributed by atoms with E-state index in [4.69, 9.17) is 15.8 Å². The van der Waals surface area contributed by atoms with E-state index in [-0.39, 0.29) is 5.68 Å². The first-order valence-electron chi connectivity index (χ1n) is 1.99. The van der Waals surface area contributed by atoms with Gasteiger partial charge in [0.05, 0.1) is 5.68 Å². The first-order valence-corrected chi connectivity index (χ1v) is 1.99. The molecule has 0 heterocycles. The number of rotatable bonds is 3. The number of carbonyl (C=O) groups is 1. The average Bonchev–Trinajstić information content (AvgIpc) is 1.61. The lowest BCUT2D eigenvalue weighted by Crippen LogP contribution is -2.13. The lowest BCUT2D eigenvalue weighted by atomic mass is 10.00. The van der Waals surface area contributed by atoms with Crippen LogP contribution in [0, 0.1) is 0 Å². The van der Waals surface area contributed by atoms with Gasteiger partial charge in [-0.1, -0.05) is 0 Å². The third-order valence-electron chi connectivity index (χ3n) is 0.516. The van der Waals surface area contributed by atoms with Gasteiger partial charge in [-0.15, -0.1) is 0 Å². The molecule has 0 aliphatic carbocycles. The second-order valence-corrected chi connectivity index (χ2v) is 1.17. The fraction of sp³-hybridized carbons (Fsp3) is 0.667. The standard InChI is InChI=1S/C3H5B2NO/c4-3(7)1-2-6-5/h6H,1-2H2. The molecule has 0 aromatic rings. The van der Waals surface area contributed by atoms with E-state index in [2.05, 4.69) is 5.23 Å². The third kappa shape index (κ3) is 5.76. The van der Waals surface area contributed by atoms with Crippen molar-refractivity contribution in [3.05, 3.63) is 0 Å². The maximum atomic E-state index is 9.88. The number of carbonyl (C=O) groups excluding carboxylic acids is 1. The highest BCUT2D eigenvalue weighted by atomic mass is 16.1. The number of hydrogen-bond donors (Lipinski definition) is 1. The first-order chi connectivity index (χ1) is 3.27. The van der Waals surface area contributed by atoms with Crippen molar-refractivity contribution in [1.82, 2.24) is 5.23 Å². The monoisotopic (exact) mass is 93.1 g/mol. The molecule has 4 radical (unpaired) electrons. The normalized spacial score (nSPS) is 8.57. The molecule has 4 heteroatoms. The summed E-state index contributed by atoms with van der Waals surface area (Å²) in [5, 5.41) is 2.30. The van der Waals surface area contributed by atoms with Gasteiger partial charge in [0.15, 0.2) is 15.8 Å². The molecule has 0 saturated heterocycles. The molecule has 0 unspecified atom stereocenters. The van der Waals surface area contributed by atoms with Crippen molar-refractivity contribution in [1.29, 1.82) is 0 Å². The van der Waals surface area contributed by atoms with Crippen LogP contribution in [0.2, 0.25) is 0 Å². The summed E-state index contributed by atoms with van der Waals surface area (Å²) in [4.78, 5) is 9.88. The Morgan fingerprint density at radius 2 is 2.29 bits per heavy atom. The summed E-state index contributed by atoms with van der Waals surface area (Å²) in [5.41, 5.74) is -0.335. The van der Waals surface area contributed by atoms with Crippen molar-refractivity contribution in [2.75, 3.05) is 6.54 Å². The van der Waals surface area contributed by atoms with E-state index in [1.165, 1.54) is 0 Å². The highest BCUT2D eigenvalue weighted by molar-refractivity contribution is 6.57. The average molecular weight is 92.7 g/mol. The highest BCUT2D eigenvalue weighted by Crippen LogP contribution is 1.70. The van der Waals surface area contributed by atoms with Gasteiger partial charge in [0.1, 0.15) is 0 Å². The van der Waals surface area contributed by atoms with Crippen LogP contribution in [0.3, 0.4) is 0 Å². The first kappa shape index (κ1) is 6.76. The van der Waals surface area contributed by atoms with Gasteiger partial charge in [-0.05, 0) is 6.54 Å². The molecule has 0 spiro atoms. The van der Waals surface area contributed by atoms with Crippen LogP contribution in [0.15, 0.2) is 0 Å². The topological polar surface area (TPSA) is 29.1 Å². The van der Waals surface area contributed by atoms with E-state index in [1.54, 1.807) is 0 Å². The summed E-state index contributed by atoms with van der Waals surface area (Å²) in [6, 6.07) is 0. The maximum absolute atomic E-state index is 9.88. The zero-order valence-electron chi connectivity index (χ0n) is 3.98. The number of nitrogens with one attached hydrogen (secondary N) is 1. The van der Waals surface area contributed by atoms with Crippen molar-refractivity contribution in [2.24, 2.45) is 0 Å². The van der Waals surface area contributed by atoms with Crippen LogP contribution in [-0.2, 0) is 4.79 Å². The molecule has 2 nitrogen and oxygen atoms in total. The van der Waals surface area contributed by atoms with Gasteiger partial charge in [0, 0.05) is 6.42 Å². The zero-order valence-corrected chi connectivity index (χ0v) is 3.98. The van der Waals surface area contributed by atoms with Crippen LogP contribution in [0.1, 0.15) is 6.42 Å². The smallest absolute Gasteiger partial charge is 0.177 e. The van der Waals surface area contributed by atoms with Gasteiger partial charge in [0.2, 0.25) is 0 Å². The quantitative estimate of drug-likeness (QED) is 0.441. The van der Waals surface area contributed by atoms with E-state index in [1.807, 2.05) is 0 Å². The highest BCUT2D eigenvalue weighted by Gasteiger charge is 1.86. The largest absolute Gasteiger partial charge is 0.366 e. The molecule has 34 valence electrons. The Labute approximate surface area is 45.5 Å². The third-order valence-corrected chi connectivity index (χ3v) is 0.516. The number of hydrogen-bond acceptors (Lipinski definition) is 2. The van der Waals surface area contributed by atoms with Gasteiger partial charge < -0.3 is 10.0 Å². The van der Waals surface area contributed by atoms with Gasteiger partial charge in [-0.25, -0.2) is 0 Å². The molecule has 7 heavy (non-hydrogen) atoms. The summed E-state index contributed by atoms with van der Waals surface area (Å²) in [5.74, 6) is 0. The molecule has 0 aliphatic heterocycles. The molecular weight excluding hydrogens is 87.7 g/mol. The second kappa shape index (κ2) is 3.93. The van der Waals surface area contributed by atoms with Crippen LogP contribution in [0.4, 0.5) is 0 Å². The van der Waals surface area contributed by atoms with E-state index in [0.29, 0.717) is 13.0 Å². The Morgan fingerprint density at radius 1 is 1.71 bits per heavy atom. The Kier molecular flexibility index (Phi) is 3.80.